The maximum atomic E-state index is 13.3. The molecule has 20 heteroatoms. The van der Waals surface area contributed by atoms with Crippen molar-refractivity contribution in [1.29, 1.82) is 10.5 Å². The Morgan fingerprint density at radius 2 is 0.905 bits per heavy atom. The van der Waals surface area contributed by atoms with Gasteiger partial charge in [0.1, 0.15) is 6.54 Å². The van der Waals surface area contributed by atoms with Gasteiger partial charge < -0.3 is 4.74 Å². The standard InChI is InChI=1S/2C13H19N3.C11H20N2O.C11H20N2.C10H17FN2.C9H14F2N2.C8H14N2/c1-9-12(13(2,3)4)8-16(15-9)11-5-10(6-11)7-14;1-9-12(13(2,3)4)8-15-16(9)11-5-10(6-11)7-14;1-8(2)13-7-9(11(3,4)5)10(12-13)14-6;1-8(2)13-7-10(9(3)12-13)11(4,5)6;1-7(2)13-6-8(9(11)12-13)10(3,4)5;1-9(2,3)7-4-5-13(12-7)6-8(10)11;1-8(2,3)7-5-6-10(4)9-7/h2*8,10-11H,5-6H2,1-4H3;7-8H,1-6H3;7-8H,1-6H3;6-7H,1-5H3;4-5,8H,6H2,1-3H3;5-6H,1-4H3. The zero-order valence-electron chi connectivity index (χ0n) is 64.5. The Morgan fingerprint density at radius 1 is 0.505 bits per heavy atom. The first-order chi connectivity index (χ1) is 43.2. The fraction of sp³-hybridized carbons (Fsp3) is 0.693. The summed E-state index contributed by atoms with van der Waals surface area (Å²) in [5, 5.41) is 47.7. The van der Waals surface area contributed by atoms with Crippen LogP contribution in [-0.4, -0.2) is 82.0 Å². The van der Waals surface area contributed by atoms with Crippen molar-refractivity contribution in [1.82, 2.24) is 68.5 Å². The van der Waals surface area contributed by atoms with Gasteiger partial charge in [-0.1, -0.05) is 145 Å². The summed E-state index contributed by atoms with van der Waals surface area (Å²) in [7, 11) is 3.61. The predicted molar refractivity (Wildman–Crippen MR) is 380 cm³/mol. The highest BCUT2D eigenvalue weighted by Gasteiger charge is 2.35. The number of nitrogens with zero attached hydrogens (tertiary/aromatic N) is 16. The number of alkyl halides is 2. The van der Waals surface area contributed by atoms with Gasteiger partial charge in [0.15, 0.2) is 0 Å². The van der Waals surface area contributed by atoms with E-state index >= 15 is 0 Å². The predicted octanol–water partition coefficient (Wildman–Crippen LogP) is 18.8. The highest BCUT2D eigenvalue weighted by Crippen LogP contribution is 2.40. The second-order valence-electron chi connectivity index (χ2n) is 33.8. The number of methoxy groups -OCH3 is 1. The van der Waals surface area contributed by atoms with E-state index in [0.717, 1.165) is 59.9 Å². The Hall–Kier alpha value is -6.96. The first kappa shape index (κ1) is 82.3. The molecule has 7 aromatic rings. The first-order valence-electron chi connectivity index (χ1n) is 33.9. The van der Waals surface area contributed by atoms with Crippen LogP contribution in [-0.2, 0) is 51.5 Å². The highest BCUT2D eigenvalue weighted by molar-refractivity contribution is 5.31. The molecule has 2 aliphatic rings. The summed E-state index contributed by atoms with van der Waals surface area (Å²) in [4.78, 5) is 0. The summed E-state index contributed by atoms with van der Waals surface area (Å²) >= 11 is 0. The van der Waals surface area contributed by atoms with Crippen LogP contribution in [0.2, 0.25) is 0 Å². The molecule has 0 bridgehead atoms. The first-order valence-corrected chi connectivity index (χ1v) is 33.9. The molecule has 0 radical (unpaired) electrons. The Bertz CT molecular complexity index is 3460. The van der Waals surface area contributed by atoms with Gasteiger partial charge in [0.25, 0.3) is 6.43 Å². The van der Waals surface area contributed by atoms with Crippen LogP contribution in [0.3, 0.4) is 0 Å². The van der Waals surface area contributed by atoms with Crippen molar-refractivity contribution in [2.75, 3.05) is 7.11 Å². The lowest BCUT2D eigenvalue weighted by Gasteiger charge is -2.32. The fourth-order valence-electron chi connectivity index (χ4n) is 10.5. The van der Waals surface area contributed by atoms with Gasteiger partial charge >= 0.3 is 0 Å². The summed E-state index contributed by atoms with van der Waals surface area (Å²) < 4.78 is 55.5. The van der Waals surface area contributed by atoms with Crippen molar-refractivity contribution >= 4 is 0 Å². The van der Waals surface area contributed by atoms with E-state index in [0.29, 0.717) is 29.7 Å². The monoisotopic (exact) mass is 1320 g/mol. The quantitative estimate of drug-likeness (QED) is 0.142. The van der Waals surface area contributed by atoms with Gasteiger partial charge in [-0.05, 0) is 144 Å². The van der Waals surface area contributed by atoms with E-state index < -0.39 is 6.43 Å². The number of rotatable bonds is 8. The molecule has 0 amide bonds. The summed E-state index contributed by atoms with van der Waals surface area (Å²) in [5.74, 6) is 0.881. The van der Waals surface area contributed by atoms with Gasteiger partial charge in [-0.3, -0.25) is 32.8 Å². The van der Waals surface area contributed by atoms with Crippen molar-refractivity contribution in [3.8, 4) is 18.0 Å². The van der Waals surface area contributed by atoms with Crippen LogP contribution < -0.4 is 4.74 Å². The normalized spacial score (nSPS) is 16.6. The molecule has 7 heterocycles. The summed E-state index contributed by atoms with van der Waals surface area (Å²) in [6.45, 7) is 63.3. The van der Waals surface area contributed by atoms with Crippen LogP contribution in [0.4, 0.5) is 13.2 Å². The number of ether oxygens (including phenoxy) is 1. The van der Waals surface area contributed by atoms with Gasteiger partial charge in [0, 0.05) is 90.0 Å². The van der Waals surface area contributed by atoms with Crippen molar-refractivity contribution in [2.45, 2.75) is 314 Å². The number of hydrogen-bond donors (Lipinski definition) is 0. The van der Waals surface area contributed by atoms with Gasteiger partial charge in [0.05, 0.1) is 72.1 Å². The van der Waals surface area contributed by atoms with Crippen LogP contribution in [0, 0.1) is 61.2 Å². The molecule has 0 spiro atoms. The molecular formula is C75H123F3N16O. The van der Waals surface area contributed by atoms with Crippen LogP contribution in [0.25, 0.3) is 0 Å². The van der Waals surface area contributed by atoms with E-state index in [2.05, 4.69) is 234 Å². The molecule has 7 aromatic heterocycles. The van der Waals surface area contributed by atoms with Gasteiger partial charge in [-0.2, -0.15) is 40.4 Å². The average molecular weight is 1320 g/mol. The van der Waals surface area contributed by atoms with Gasteiger partial charge in [-0.15, -0.1) is 10.2 Å². The highest BCUT2D eigenvalue weighted by atomic mass is 19.3. The molecule has 9 rings (SSSR count). The van der Waals surface area contributed by atoms with Crippen LogP contribution in [0.1, 0.15) is 299 Å². The molecular weight excluding hydrogens is 1200 g/mol. The molecule has 0 unspecified atom stereocenters. The molecule has 2 saturated carbocycles. The summed E-state index contributed by atoms with van der Waals surface area (Å²) in [6, 6.07) is 10.4. The molecule has 0 aromatic carbocycles. The van der Waals surface area contributed by atoms with Crippen LogP contribution in [0.5, 0.6) is 5.88 Å². The smallest absolute Gasteiger partial charge is 0.257 e. The van der Waals surface area contributed by atoms with E-state index in [9.17, 15) is 13.2 Å². The lowest BCUT2D eigenvalue weighted by atomic mass is 9.81. The number of hydrogen-bond acceptors (Lipinski definition) is 10. The SMILES string of the molecule is CC(C)(C)c1ccn(CC(F)F)n1.CC(C)n1cc(C(C)(C)C)c(F)n1.COc1nn(C(C)C)cc1C(C)(C)C.Cc1c(C(C)(C)C)cnn1C1CC(C#N)C1.Cc1nn(C(C)C)cc1C(C)(C)C.Cc1nn(C2CC(C#N)C2)cc1C(C)(C)C.Cn1ccc(C(C)(C)C)n1. The lowest BCUT2D eigenvalue weighted by molar-refractivity contribution is 0.121. The number of nitriles is 2. The number of aromatic nitrogens is 14. The average Bonchev–Trinajstić information content (AvgIpc) is 1.71. The molecule has 0 atom stereocenters. The minimum atomic E-state index is -2.34. The fourth-order valence-corrected chi connectivity index (χ4v) is 10.5. The topological polar surface area (TPSA) is 182 Å². The zero-order chi connectivity index (χ0) is 73.1. The molecule has 0 N–H and O–H groups in total. The van der Waals surface area contributed by atoms with Crippen LogP contribution >= 0.6 is 0 Å². The third-order valence-corrected chi connectivity index (χ3v) is 16.6. The largest absolute Gasteiger partial charge is 0.480 e. The third-order valence-electron chi connectivity index (χ3n) is 16.6. The molecule has 2 fully saturated rings. The molecule has 530 valence electrons. The molecule has 17 nitrogen and oxygen atoms in total. The van der Waals surface area contributed by atoms with Crippen molar-refractivity contribution in [2.24, 2.45) is 18.9 Å². The van der Waals surface area contributed by atoms with Crippen LogP contribution in [0.15, 0.2) is 55.5 Å². The van der Waals surface area contributed by atoms with Crippen molar-refractivity contribution < 1.29 is 17.9 Å². The minimum absolute atomic E-state index is 0.0760. The summed E-state index contributed by atoms with van der Waals surface area (Å²) in [5.41, 5.74) is 11.9. The molecule has 0 aliphatic heterocycles. The van der Waals surface area contributed by atoms with E-state index in [1.165, 1.54) is 27.1 Å². The minimum Gasteiger partial charge on any atom is -0.480 e. The van der Waals surface area contributed by atoms with E-state index in [4.69, 9.17) is 15.3 Å². The lowest BCUT2D eigenvalue weighted by Crippen LogP contribution is -2.27. The Labute approximate surface area is 570 Å². The summed E-state index contributed by atoms with van der Waals surface area (Å²) in [6.07, 6.45) is 15.2. The van der Waals surface area contributed by atoms with Crippen molar-refractivity contribution in [3.05, 3.63) is 118 Å². The number of aryl methyl sites for hydroxylation is 3. The Morgan fingerprint density at radius 3 is 1.22 bits per heavy atom. The number of halogens is 3. The second-order valence-corrected chi connectivity index (χ2v) is 33.8. The van der Waals surface area contributed by atoms with Crippen molar-refractivity contribution in [3.63, 3.8) is 0 Å². The van der Waals surface area contributed by atoms with Gasteiger partial charge in [-0.25, -0.2) is 8.78 Å². The Kier molecular flexibility index (Phi) is 28.5. The Balaban J connectivity index is 0.000000290. The molecule has 2 aliphatic carbocycles. The zero-order valence-corrected chi connectivity index (χ0v) is 64.5. The third kappa shape index (κ3) is 24.6. The maximum absolute atomic E-state index is 13.3. The van der Waals surface area contributed by atoms with Gasteiger partial charge in [0.2, 0.25) is 11.8 Å². The van der Waals surface area contributed by atoms with E-state index in [1.807, 2.05) is 88.9 Å². The van der Waals surface area contributed by atoms with E-state index in [1.54, 1.807) is 30.3 Å². The maximum Gasteiger partial charge on any atom is 0.257 e. The second kappa shape index (κ2) is 32.9. The molecule has 0 saturated heterocycles. The van der Waals surface area contributed by atoms with E-state index in [-0.39, 0.29) is 68.3 Å². The molecule has 95 heavy (non-hydrogen) atoms.